The molecule has 10 rings (SSSR count). The van der Waals surface area contributed by atoms with Crippen molar-refractivity contribution in [3.63, 3.8) is 0 Å². The van der Waals surface area contributed by atoms with E-state index in [2.05, 4.69) is 59.0 Å². The molecule has 0 saturated carbocycles. The molecule has 59 heavy (non-hydrogen) atoms. The quantitative estimate of drug-likeness (QED) is 0.0909. The highest BCUT2D eigenvalue weighted by Gasteiger charge is 2.15. The lowest BCUT2D eigenvalue weighted by atomic mass is 9.98. The average Bonchev–Trinajstić information content (AvgIpc) is 3.28. The number of halogens is 3. The number of rotatable bonds is 7. The number of nitrogens with zero attached hydrogens (tertiary/aromatic N) is 4. The third-order valence-corrected chi connectivity index (χ3v) is 13.6. The van der Waals surface area contributed by atoms with E-state index in [1.807, 2.05) is 98.2 Å². The van der Waals surface area contributed by atoms with Crippen LogP contribution in [0.1, 0.15) is 23.6 Å². The van der Waals surface area contributed by atoms with E-state index < -0.39 is 20.7 Å². The summed E-state index contributed by atoms with van der Waals surface area (Å²) in [5, 5.41) is 6.17. The van der Waals surface area contributed by atoms with Crippen molar-refractivity contribution in [2.24, 2.45) is 0 Å². The van der Waals surface area contributed by atoms with Crippen molar-refractivity contribution in [3.05, 3.63) is 205 Å². The molecule has 0 bridgehead atoms. The molecule has 4 nitrogen and oxygen atoms in total. The standard InChI is InChI=1S/C52H33F2IN4/c1-31(44-27-37(17-19-46(44)53)42-25-40-15-12-34-9-5-21-56-49(34)51(40)58-29-42)23-48(39-14-11-33-7-3-4-8-36(33)24-39)55-32(2)45-28-38(18-20-47(45)54)43-26-41-16-13-35-10-6-22-57-50(35)52(41)59-30-43/h3-30H,1H2,2H3/b48-23-. The molecule has 4 heterocycles. The highest BCUT2D eigenvalue weighted by atomic mass is 127. The van der Waals surface area contributed by atoms with Gasteiger partial charge in [0.1, 0.15) is 11.6 Å². The maximum Gasteiger partial charge on any atom is 0.131 e. The summed E-state index contributed by atoms with van der Waals surface area (Å²) in [6, 6.07) is 45.1. The van der Waals surface area contributed by atoms with Crippen LogP contribution < -0.4 is 0 Å². The van der Waals surface area contributed by atoms with Gasteiger partial charge in [0.15, 0.2) is 0 Å². The molecule has 0 spiro atoms. The van der Waals surface area contributed by atoms with Gasteiger partial charge in [0, 0.05) is 72.2 Å². The molecule has 0 unspecified atom stereocenters. The second-order valence-corrected chi connectivity index (χ2v) is 17.8. The van der Waals surface area contributed by atoms with Gasteiger partial charge in [-0.1, -0.05) is 112 Å². The Morgan fingerprint density at radius 3 is 1.63 bits per heavy atom. The first-order valence-corrected chi connectivity index (χ1v) is 21.3. The number of hydrogen-bond acceptors (Lipinski definition) is 4. The number of allylic oxidation sites excluding steroid dienone is 2. The van der Waals surface area contributed by atoms with Gasteiger partial charge < -0.3 is 0 Å². The average molecular weight is 879 g/mol. The van der Waals surface area contributed by atoms with Gasteiger partial charge in [0.25, 0.3) is 0 Å². The Labute approximate surface area is 349 Å². The van der Waals surface area contributed by atoms with Crippen LogP contribution in [0.15, 0.2) is 177 Å². The summed E-state index contributed by atoms with van der Waals surface area (Å²) < 4.78 is 33.6. The first kappa shape index (κ1) is 36.5. The van der Waals surface area contributed by atoms with Gasteiger partial charge in [0.2, 0.25) is 0 Å². The van der Waals surface area contributed by atoms with Crippen LogP contribution in [0.2, 0.25) is 0 Å². The van der Waals surface area contributed by atoms with Gasteiger partial charge in [-0.15, -0.1) is 0 Å². The fourth-order valence-electron chi connectivity index (χ4n) is 7.65. The van der Waals surface area contributed by atoms with E-state index in [0.717, 1.165) is 89.3 Å². The van der Waals surface area contributed by atoms with Crippen LogP contribution in [0.4, 0.5) is 8.78 Å². The second-order valence-electron chi connectivity index (χ2n) is 14.5. The number of hydrogen-bond donors (Lipinski definition) is 0. The Bertz CT molecular complexity index is 3410. The minimum absolute atomic E-state index is 0.293. The molecule has 0 amide bonds. The lowest BCUT2D eigenvalue weighted by molar-refractivity contribution is 0.624. The van der Waals surface area contributed by atoms with Crippen molar-refractivity contribution in [3.8, 4) is 22.3 Å². The van der Waals surface area contributed by atoms with Crippen LogP contribution in [0.3, 0.4) is 0 Å². The molecule has 0 fully saturated rings. The van der Waals surface area contributed by atoms with Crippen LogP contribution >= 0.6 is 20.7 Å². The van der Waals surface area contributed by atoms with Gasteiger partial charge >= 0.3 is 0 Å². The first-order chi connectivity index (χ1) is 28.9. The second kappa shape index (κ2) is 15.2. The molecule has 0 saturated heterocycles. The molecule has 4 aromatic heterocycles. The van der Waals surface area contributed by atoms with Gasteiger partial charge in [-0.05, 0) is 104 Å². The lowest BCUT2D eigenvalue weighted by Gasteiger charge is -2.12. The summed E-state index contributed by atoms with van der Waals surface area (Å²) in [5.74, 6) is -0.666. The molecule has 0 atom stereocenters. The van der Waals surface area contributed by atoms with Crippen molar-refractivity contribution in [2.45, 2.75) is 6.92 Å². The molecule has 0 N–H and O–H groups in total. The molecular formula is C52H33F2IN4. The van der Waals surface area contributed by atoms with Crippen LogP contribution in [0.5, 0.6) is 0 Å². The molecule has 0 aliphatic rings. The van der Waals surface area contributed by atoms with Crippen LogP contribution in [0, 0.1) is 11.6 Å². The molecule has 7 heteroatoms. The molecule has 6 aromatic carbocycles. The fraction of sp³-hybridized carbons (Fsp3) is 0.0192. The maximum atomic E-state index is 15.9. The minimum atomic E-state index is -0.975. The normalized spacial score (nSPS) is 12.4. The highest BCUT2D eigenvalue weighted by molar-refractivity contribution is 14.2. The van der Waals surface area contributed by atoms with E-state index in [1.54, 1.807) is 24.5 Å². The van der Waals surface area contributed by atoms with Crippen molar-refractivity contribution >= 4 is 87.8 Å². The lowest BCUT2D eigenvalue weighted by Crippen LogP contribution is -1.98. The highest BCUT2D eigenvalue weighted by Crippen LogP contribution is 2.37. The number of benzene rings is 6. The van der Waals surface area contributed by atoms with E-state index in [1.165, 1.54) is 12.1 Å². The zero-order valence-electron chi connectivity index (χ0n) is 31.8. The largest absolute Gasteiger partial charge is 0.254 e. The third-order valence-electron chi connectivity index (χ3n) is 10.7. The SMILES string of the molecule is C=C(/C=C(\I=C(C)c1cc(-c2cnc3c(ccc4cccnc43)c2)ccc1F)c1ccc2ccccc2c1)c1cc(-c2cnc3c(ccc4cccnc43)c2)ccc1F. The summed E-state index contributed by atoms with van der Waals surface area (Å²) in [6.45, 7) is 6.41. The number of pyridine rings is 4. The smallest absolute Gasteiger partial charge is 0.131 e. The summed E-state index contributed by atoms with van der Waals surface area (Å²) in [6.07, 6.45) is 9.17. The summed E-state index contributed by atoms with van der Waals surface area (Å²) in [4.78, 5) is 18.7. The van der Waals surface area contributed by atoms with E-state index in [-0.39, 0.29) is 11.6 Å². The maximum absolute atomic E-state index is 15.9. The Balaban J connectivity index is 1.04. The van der Waals surface area contributed by atoms with Gasteiger partial charge in [0.05, 0.1) is 22.1 Å². The molecule has 0 radical (unpaired) electrons. The Kier molecular flexibility index (Phi) is 9.38. The molecule has 10 aromatic rings. The van der Waals surface area contributed by atoms with Crippen molar-refractivity contribution in [1.82, 2.24) is 19.9 Å². The number of fused-ring (bicyclic) bond motifs is 7. The predicted molar refractivity (Wildman–Crippen MR) is 250 cm³/mol. The van der Waals surface area contributed by atoms with Crippen molar-refractivity contribution in [2.75, 3.05) is 0 Å². The van der Waals surface area contributed by atoms with Gasteiger partial charge in [-0.3, -0.25) is 19.9 Å². The molecule has 0 aliphatic heterocycles. The van der Waals surface area contributed by atoms with E-state index in [0.29, 0.717) is 16.7 Å². The Morgan fingerprint density at radius 1 is 0.492 bits per heavy atom. The van der Waals surface area contributed by atoms with Crippen molar-refractivity contribution in [1.29, 1.82) is 0 Å². The van der Waals surface area contributed by atoms with Gasteiger partial charge in [-0.25, -0.2) is 8.78 Å². The zero-order chi connectivity index (χ0) is 40.0. The topological polar surface area (TPSA) is 51.6 Å². The fourth-order valence-corrected chi connectivity index (χ4v) is 10.4. The van der Waals surface area contributed by atoms with E-state index >= 15 is 8.78 Å². The first-order valence-electron chi connectivity index (χ1n) is 19.1. The minimum Gasteiger partial charge on any atom is -0.254 e. The molecule has 0 aliphatic carbocycles. The molecular weight excluding hydrogens is 845 g/mol. The van der Waals surface area contributed by atoms with Crippen LogP contribution in [0.25, 0.3) is 85.8 Å². The van der Waals surface area contributed by atoms with Crippen LogP contribution in [-0.2, 0) is 0 Å². The molecule has 282 valence electrons. The van der Waals surface area contributed by atoms with Gasteiger partial charge in [-0.2, -0.15) is 0 Å². The zero-order valence-corrected chi connectivity index (χ0v) is 34.0. The monoisotopic (exact) mass is 878 g/mol. The van der Waals surface area contributed by atoms with E-state index in [4.69, 9.17) is 9.97 Å². The summed E-state index contributed by atoms with van der Waals surface area (Å²) in [5.41, 5.74) is 9.24. The summed E-state index contributed by atoms with van der Waals surface area (Å²) in [7, 11) is 0. The third kappa shape index (κ3) is 6.97. The predicted octanol–water partition coefficient (Wildman–Crippen LogP) is 13.9. The van der Waals surface area contributed by atoms with Crippen LogP contribution in [-0.4, -0.2) is 23.4 Å². The Morgan fingerprint density at radius 2 is 1.00 bits per heavy atom. The van der Waals surface area contributed by atoms with E-state index in [9.17, 15) is 0 Å². The summed E-state index contributed by atoms with van der Waals surface area (Å²) >= 11 is -0.975. The number of aromatic nitrogens is 4. The van der Waals surface area contributed by atoms with Crippen molar-refractivity contribution < 1.29 is 8.78 Å². The Hall–Kier alpha value is -6.84.